The Kier molecular flexibility index (Phi) is 23.1. The molecule has 0 aromatic rings. The monoisotopic (exact) mass is 428 g/mol. The van der Waals surface area contributed by atoms with Gasteiger partial charge >= 0.3 is 0 Å². The first-order chi connectivity index (χ1) is 14.6. The topological polar surface area (TPSA) is 134 Å². The van der Waals surface area contributed by atoms with Crippen molar-refractivity contribution < 1.29 is 9.59 Å². The van der Waals surface area contributed by atoms with E-state index in [9.17, 15) is 9.59 Å². The van der Waals surface area contributed by atoms with Crippen molar-refractivity contribution in [3.63, 3.8) is 0 Å². The molecule has 0 saturated heterocycles. The molecule has 0 aromatic heterocycles. The summed E-state index contributed by atoms with van der Waals surface area (Å²) < 4.78 is 0. The van der Waals surface area contributed by atoms with Gasteiger partial charge in [0.15, 0.2) is 0 Å². The minimum atomic E-state index is -0.214. The highest BCUT2D eigenvalue weighted by Crippen LogP contribution is 1.95. The van der Waals surface area contributed by atoms with Crippen molar-refractivity contribution in [3.05, 3.63) is 0 Å². The van der Waals surface area contributed by atoms with Crippen LogP contribution in [0.1, 0.15) is 77.0 Å². The van der Waals surface area contributed by atoms with Crippen molar-refractivity contribution in [2.45, 2.75) is 77.0 Å². The molecular formula is C22H48N6O2. The van der Waals surface area contributed by atoms with Crippen LogP contribution in [0.15, 0.2) is 0 Å². The highest BCUT2D eigenvalue weighted by molar-refractivity contribution is 5.73. The molecule has 0 heterocycles. The summed E-state index contributed by atoms with van der Waals surface area (Å²) in [7, 11) is 0. The third kappa shape index (κ3) is 26.8. The Morgan fingerprint density at radius 2 is 0.633 bits per heavy atom. The summed E-state index contributed by atoms with van der Waals surface area (Å²) in [4.78, 5) is 21.2. The van der Waals surface area contributed by atoms with Crippen LogP contribution in [-0.2, 0) is 9.59 Å². The molecule has 0 atom stereocenters. The number of unbranched alkanes of at least 4 members (excludes halogenated alkanes) is 5. The van der Waals surface area contributed by atoms with Crippen LogP contribution in [0.4, 0.5) is 0 Å². The van der Waals surface area contributed by atoms with Gasteiger partial charge in [0.2, 0.25) is 11.8 Å². The van der Waals surface area contributed by atoms with Crippen LogP contribution in [0.3, 0.4) is 0 Å². The lowest BCUT2D eigenvalue weighted by molar-refractivity contribution is -0.118. The second-order valence-electron chi connectivity index (χ2n) is 7.97. The summed E-state index contributed by atoms with van der Waals surface area (Å²) in [5, 5.41) is 13.7. The van der Waals surface area contributed by atoms with E-state index in [2.05, 4.69) is 21.3 Å². The van der Waals surface area contributed by atoms with Crippen LogP contribution in [0.5, 0.6) is 0 Å². The standard InChI is InChI=1S/C22H48N6O2/c23-21(29)11-9-19-27-15-5-1-3-13-25-17-7-8-18-26-14-4-2-6-16-28-20-10-12-22(24)30/h25-28H,1-20H2,(H2,23,29)(H2,24,30). The molecule has 0 unspecified atom stereocenters. The fourth-order valence-electron chi connectivity index (χ4n) is 3.13. The van der Waals surface area contributed by atoms with Crippen LogP contribution in [0.2, 0.25) is 0 Å². The predicted octanol–water partition coefficient (Wildman–Crippen LogP) is 0.997. The SMILES string of the molecule is NC(=O)CCCNCCCCCNCCCCNCCCCCNCCCC(N)=O. The maximum absolute atomic E-state index is 10.6. The van der Waals surface area contributed by atoms with Crippen molar-refractivity contribution in [3.8, 4) is 0 Å². The number of nitrogens with one attached hydrogen (secondary N) is 4. The first kappa shape index (κ1) is 28.8. The van der Waals surface area contributed by atoms with Crippen molar-refractivity contribution in [2.75, 3.05) is 52.4 Å². The zero-order valence-electron chi connectivity index (χ0n) is 19.1. The molecule has 8 N–H and O–H groups in total. The largest absolute Gasteiger partial charge is 0.370 e. The number of hydrogen-bond donors (Lipinski definition) is 6. The molecule has 0 bridgehead atoms. The lowest BCUT2D eigenvalue weighted by Crippen LogP contribution is -2.21. The Hall–Kier alpha value is -1.22. The van der Waals surface area contributed by atoms with Gasteiger partial charge in [-0.3, -0.25) is 9.59 Å². The van der Waals surface area contributed by atoms with E-state index < -0.39 is 0 Å². The lowest BCUT2D eigenvalue weighted by atomic mass is 10.2. The highest BCUT2D eigenvalue weighted by atomic mass is 16.1. The van der Waals surface area contributed by atoms with E-state index in [0.29, 0.717) is 12.8 Å². The molecule has 0 aliphatic rings. The first-order valence-corrected chi connectivity index (χ1v) is 12.0. The minimum absolute atomic E-state index is 0.214. The van der Waals surface area contributed by atoms with E-state index in [4.69, 9.17) is 11.5 Å². The molecule has 0 fully saturated rings. The molecule has 0 spiro atoms. The Morgan fingerprint density at radius 1 is 0.400 bits per heavy atom. The number of rotatable bonds is 25. The van der Waals surface area contributed by atoms with Gasteiger partial charge in [-0.15, -0.1) is 0 Å². The maximum Gasteiger partial charge on any atom is 0.217 e. The second kappa shape index (κ2) is 24.1. The summed E-state index contributed by atoms with van der Waals surface area (Å²) >= 11 is 0. The van der Waals surface area contributed by atoms with Crippen molar-refractivity contribution in [1.29, 1.82) is 0 Å². The Bertz CT molecular complexity index is 360. The van der Waals surface area contributed by atoms with Gasteiger partial charge < -0.3 is 32.7 Å². The van der Waals surface area contributed by atoms with Crippen molar-refractivity contribution in [1.82, 2.24) is 21.3 Å². The van der Waals surface area contributed by atoms with E-state index >= 15 is 0 Å². The summed E-state index contributed by atoms with van der Waals surface area (Å²) in [6.07, 6.45) is 12.4. The smallest absolute Gasteiger partial charge is 0.217 e. The highest BCUT2D eigenvalue weighted by Gasteiger charge is 1.96. The molecule has 178 valence electrons. The molecule has 0 radical (unpaired) electrons. The molecule has 2 amide bonds. The number of primary amides is 2. The third-order valence-electron chi connectivity index (χ3n) is 4.92. The zero-order valence-corrected chi connectivity index (χ0v) is 19.1. The number of carbonyl (C=O) groups excluding carboxylic acids is 2. The first-order valence-electron chi connectivity index (χ1n) is 12.0. The molecule has 0 saturated carbocycles. The number of amides is 2. The average molecular weight is 429 g/mol. The van der Waals surface area contributed by atoms with Gasteiger partial charge in [0.05, 0.1) is 0 Å². The molecular weight excluding hydrogens is 380 g/mol. The molecule has 8 heteroatoms. The van der Waals surface area contributed by atoms with Gasteiger partial charge in [-0.1, -0.05) is 12.8 Å². The number of hydrogen-bond acceptors (Lipinski definition) is 6. The fraction of sp³-hybridized carbons (Fsp3) is 0.909. The molecule has 8 nitrogen and oxygen atoms in total. The fourth-order valence-corrected chi connectivity index (χ4v) is 3.13. The molecule has 0 aliphatic heterocycles. The average Bonchev–Trinajstić information content (AvgIpc) is 2.70. The maximum atomic E-state index is 10.6. The van der Waals surface area contributed by atoms with E-state index in [1.54, 1.807) is 0 Å². The minimum Gasteiger partial charge on any atom is -0.370 e. The summed E-state index contributed by atoms with van der Waals surface area (Å²) in [6.45, 7) is 8.23. The van der Waals surface area contributed by atoms with Gasteiger partial charge in [-0.25, -0.2) is 0 Å². The zero-order chi connectivity index (χ0) is 22.1. The van der Waals surface area contributed by atoms with E-state index in [1.165, 1.54) is 51.4 Å². The Labute approximate surface area is 184 Å². The summed E-state index contributed by atoms with van der Waals surface area (Å²) in [5.74, 6) is -0.428. The second-order valence-corrected chi connectivity index (χ2v) is 7.97. The molecule has 0 aliphatic carbocycles. The Morgan fingerprint density at radius 3 is 0.900 bits per heavy atom. The van der Waals surface area contributed by atoms with Gasteiger partial charge in [0.1, 0.15) is 0 Å². The number of nitrogens with two attached hydrogens (primary N) is 2. The van der Waals surface area contributed by atoms with Crippen LogP contribution in [0, 0.1) is 0 Å². The quantitative estimate of drug-likeness (QED) is 0.120. The van der Waals surface area contributed by atoms with E-state index in [-0.39, 0.29) is 11.8 Å². The predicted molar refractivity (Wildman–Crippen MR) is 125 cm³/mol. The van der Waals surface area contributed by atoms with E-state index in [1.807, 2.05) is 0 Å². The normalized spacial score (nSPS) is 11.1. The molecule has 0 rings (SSSR count). The van der Waals surface area contributed by atoms with Crippen molar-refractivity contribution in [2.24, 2.45) is 11.5 Å². The lowest BCUT2D eigenvalue weighted by Gasteiger charge is -2.07. The van der Waals surface area contributed by atoms with Gasteiger partial charge in [-0.05, 0) is 104 Å². The van der Waals surface area contributed by atoms with Gasteiger partial charge in [-0.2, -0.15) is 0 Å². The van der Waals surface area contributed by atoms with Crippen molar-refractivity contribution >= 4 is 11.8 Å². The summed E-state index contributed by atoms with van der Waals surface area (Å²) in [6, 6.07) is 0. The van der Waals surface area contributed by atoms with Crippen LogP contribution in [0.25, 0.3) is 0 Å². The van der Waals surface area contributed by atoms with Crippen LogP contribution in [-0.4, -0.2) is 64.2 Å². The molecule has 0 aromatic carbocycles. The van der Waals surface area contributed by atoms with Crippen LogP contribution < -0.4 is 32.7 Å². The number of carbonyl (C=O) groups is 2. The third-order valence-corrected chi connectivity index (χ3v) is 4.92. The summed E-state index contributed by atoms with van der Waals surface area (Å²) in [5.41, 5.74) is 10.2. The van der Waals surface area contributed by atoms with Gasteiger partial charge in [0, 0.05) is 12.8 Å². The van der Waals surface area contributed by atoms with Gasteiger partial charge in [0.25, 0.3) is 0 Å². The Balaban J connectivity index is 3.02. The molecule has 30 heavy (non-hydrogen) atoms. The van der Waals surface area contributed by atoms with Crippen LogP contribution >= 0.6 is 0 Å². The van der Waals surface area contributed by atoms with E-state index in [0.717, 1.165) is 65.2 Å².